The highest BCUT2D eigenvalue weighted by Gasteiger charge is 2.54. The molecule has 3 aliphatic rings. The number of aromatic nitrogens is 3. The number of rotatable bonds is 4. The van der Waals surface area contributed by atoms with E-state index in [1.165, 1.54) is 40.9 Å². The average Bonchev–Trinajstić information content (AvgIpc) is 3.41. The fourth-order valence-corrected chi connectivity index (χ4v) is 8.14. The van der Waals surface area contributed by atoms with Crippen LogP contribution < -0.4 is 0 Å². The molecule has 40 heavy (non-hydrogen) atoms. The summed E-state index contributed by atoms with van der Waals surface area (Å²) in [5, 5.41) is 0.138. The molecule has 2 atom stereocenters. The molecule has 0 unspecified atom stereocenters. The molecular weight excluding hydrogens is 510 g/mol. The van der Waals surface area contributed by atoms with Crippen LogP contribution in [0.4, 0.5) is 0 Å². The maximum atomic E-state index is 7.35. The summed E-state index contributed by atoms with van der Waals surface area (Å²) in [4.78, 5) is 15.2. The van der Waals surface area contributed by atoms with Gasteiger partial charge >= 0.3 is 0 Å². The predicted octanol–water partition coefficient (Wildman–Crippen LogP) is 9.22. The lowest BCUT2D eigenvalue weighted by Crippen LogP contribution is -2.44. The number of fused-ring (bicyclic) bond motifs is 4. The SMILES string of the molecule is CC(C)c1nc2c(c3c1[C@@H](c1cnc(C(C)(C)C)nc1)OC31CCCC1)[C@@H](O[Si](C)(C)C(C)(C)C)CC(C)(C)C2. The minimum absolute atomic E-state index is 0.0430. The molecule has 220 valence electrons. The quantitative estimate of drug-likeness (QED) is 0.347. The van der Waals surface area contributed by atoms with Gasteiger partial charge in [-0.15, -0.1) is 0 Å². The summed E-state index contributed by atoms with van der Waals surface area (Å²) in [7, 11) is -2.04. The Balaban J connectivity index is 1.75. The van der Waals surface area contributed by atoms with Crippen LogP contribution in [-0.4, -0.2) is 23.3 Å². The standard InChI is InChI=1S/C34H53N3O2Si/c1-21(2)28-26-27(25-23(37-28)17-33(9,10)18-24(25)39-40(11,12)32(6,7)8)34(15-13-14-16-34)38-29(26)22-19-35-30(36-20-22)31(3,4)5/h19-21,24,29H,13-18H2,1-12H3/t24-,29+/m0/s1. The van der Waals surface area contributed by atoms with Crippen LogP contribution in [0.1, 0.15) is 159 Å². The number of nitrogens with zero attached hydrogens (tertiary/aromatic N) is 3. The van der Waals surface area contributed by atoms with Crippen LogP contribution in [0.15, 0.2) is 12.4 Å². The van der Waals surface area contributed by atoms with E-state index in [0.29, 0.717) is 5.92 Å². The third-order valence-electron chi connectivity index (χ3n) is 9.99. The monoisotopic (exact) mass is 563 g/mol. The van der Waals surface area contributed by atoms with Crippen molar-refractivity contribution < 1.29 is 9.16 Å². The first-order valence-corrected chi connectivity index (χ1v) is 18.5. The van der Waals surface area contributed by atoms with E-state index in [0.717, 1.165) is 37.1 Å². The lowest BCUT2D eigenvalue weighted by Gasteiger charge is -2.45. The minimum Gasteiger partial charge on any atom is -0.410 e. The first kappa shape index (κ1) is 29.8. The highest BCUT2D eigenvalue weighted by Crippen LogP contribution is 2.60. The lowest BCUT2D eigenvalue weighted by atomic mass is 9.70. The zero-order valence-corrected chi connectivity index (χ0v) is 28.3. The smallest absolute Gasteiger partial charge is 0.192 e. The van der Waals surface area contributed by atoms with Gasteiger partial charge in [0.15, 0.2) is 8.32 Å². The van der Waals surface area contributed by atoms with Gasteiger partial charge in [0, 0.05) is 45.9 Å². The molecule has 0 saturated heterocycles. The minimum atomic E-state index is -2.04. The third kappa shape index (κ3) is 5.11. The Bertz CT molecular complexity index is 1260. The summed E-state index contributed by atoms with van der Waals surface area (Å²) in [6.45, 7) is 27.6. The molecule has 3 heterocycles. The van der Waals surface area contributed by atoms with Crippen LogP contribution >= 0.6 is 0 Å². The predicted molar refractivity (Wildman–Crippen MR) is 165 cm³/mol. The molecule has 6 heteroatoms. The number of hydrogen-bond donors (Lipinski definition) is 0. The molecule has 2 aromatic heterocycles. The van der Waals surface area contributed by atoms with E-state index in [9.17, 15) is 0 Å². The largest absolute Gasteiger partial charge is 0.410 e. The Hall–Kier alpha value is -1.63. The number of ether oxygens (including phenoxy) is 1. The molecule has 1 spiro atoms. The third-order valence-corrected chi connectivity index (χ3v) is 14.5. The van der Waals surface area contributed by atoms with E-state index >= 15 is 0 Å². The van der Waals surface area contributed by atoms with Gasteiger partial charge in [0.1, 0.15) is 11.9 Å². The summed E-state index contributed by atoms with van der Waals surface area (Å²) in [6, 6.07) is 0. The van der Waals surface area contributed by atoms with Gasteiger partial charge in [0.05, 0.1) is 11.7 Å². The van der Waals surface area contributed by atoms with Crippen LogP contribution in [0.5, 0.6) is 0 Å². The van der Waals surface area contributed by atoms with Crippen molar-refractivity contribution in [3.05, 3.63) is 51.9 Å². The molecule has 1 fully saturated rings. The Morgan fingerprint density at radius 3 is 2.10 bits per heavy atom. The molecule has 0 aromatic carbocycles. The maximum Gasteiger partial charge on any atom is 0.192 e. The van der Waals surface area contributed by atoms with Crippen LogP contribution in [0.3, 0.4) is 0 Å². The fourth-order valence-electron chi connectivity index (χ4n) is 6.88. The summed E-state index contributed by atoms with van der Waals surface area (Å²) < 4.78 is 14.6. The van der Waals surface area contributed by atoms with Crippen molar-refractivity contribution in [2.45, 2.75) is 155 Å². The summed E-state index contributed by atoms with van der Waals surface area (Å²) in [5.41, 5.74) is 7.30. The molecular formula is C34H53N3O2Si. The first-order chi connectivity index (χ1) is 18.4. The van der Waals surface area contributed by atoms with Crippen molar-refractivity contribution in [2.75, 3.05) is 0 Å². The summed E-state index contributed by atoms with van der Waals surface area (Å²) >= 11 is 0. The van der Waals surface area contributed by atoms with Crippen LogP contribution in [0, 0.1) is 5.41 Å². The van der Waals surface area contributed by atoms with Gasteiger partial charge in [-0.05, 0) is 60.7 Å². The number of pyridine rings is 1. The molecule has 5 nitrogen and oxygen atoms in total. The van der Waals surface area contributed by atoms with Gasteiger partial charge in [-0.25, -0.2) is 9.97 Å². The summed E-state index contributed by atoms with van der Waals surface area (Å²) in [6.07, 6.45) is 10.4. The van der Waals surface area contributed by atoms with Crippen molar-refractivity contribution in [1.82, 2.24) is 15.0 Å². The zero-order valence-electron chi connectivity index (χ0n) is 27.3. The second-order valence-corrected chi connectivity index (χ2v) is 21.3. The Labute approximate surface area is 244 Å². The molecule has 1 saturated carbocycles. The second-order valence-electron chi connectivity index (χ2n) is 16.5. The van der Waals surface area contributed by atoms with E-state index < -0.39 is 8.32 Å². The molecule has 5 rings (SSSR count). The molecule has 0 amide bonds. The Kier molecular flexibility index (Phi) is 7.24. The molecule has 1 aliphatic heterocycles. The molecule has 2 aliphatic carbocycles. The molecule has 2 aromatic rings. The second kappa shape index (κ2) is 9.70. The van der Waals surface area contributed by atoms with Gasteiger partial charge in [-0.1, -0.05) is 82.1 Å². The highest BCUT2D eigenvalue weighted by atomic mass is 28.4. The van der Waals surface area contributed by atoms with E-state index in [1.807, 2.05) is 12.4 Å². The number of hydrogen-bond acceptors (Lipinski definition) is 5. The average molecular weight is 564 g/mol. The van der Waals surface area contributed by atoms with Gasteiger partial charge in [-0.2, -0.15) is 0 Å². The molecule has 0 radical (unpaired) electrons. The summed E-state index contributed by atoms with van der Waals surface area (Å²) in [5.74, 6) is 1.16. The normalized spacial score (nSPS) is 24.0. The van der Waals surface area contributed by atoms with Crippen molar-refractivity contribution >= 4 is 8.32 Å². The van der Waals surface area contributed by atoms with Gasteiger partial charge in [-0.3, -0.25) is 4.98 Å². The lowest BCUT2D eigenvalue weighted by molar-refractivity contribution is -0.0581. The van der Waals surface area contributed by atoms with Crippen LogP contribution in [-0.2, 0) is 26.6 Å². The van der Waals surface area contributed by atoms with Crippen molar-refractivity contribution in [2.24, 2.45) is 5.41 Å². The van der Waals surface area contributed by atoms with Crippen LogP contribution in [0.25, 0.3) is 0 Å². The Morgan fingerprint density at radius 1 is 0.975 bits per heavy atom. The Morgan fingerprint density at radius 2 is 1.57 bits per heavy atom. The highest BCUT2D eigenvalue weighted by molar-refractivity contribution is 6.74. The van der Waals surface area contributed by atoms with Crippen molar-refractivity contribution in [3.63, 3.8) is 0 Å². The fraction of sp³-hybridized carbons (Fsp3) is 0.735. The van der Waals surface area contributed by atoms with E-state index in [-0.39, 0.29) is 33.7 Å². The van der Waals surface area contributed by atoms with Gasteiger partial charge in [0.25, 0.3) is 0 Å². The van der Waals surface area contributed by atoms with E-state index in [1.54, 1.807) is 0 Å². The maximum absolute atomic E-state index is 7.35. The van der Waals surface area contributed by atoms with E-state index in [2.05, 4.69) is 82.3 Å². The van der Waals surface area contributed by atoms with E-state index in [4.69, 9.17) is 24.1 Å². The molecule has 0 bridgehead atoms. The van der Waals surface area contributed by atoms with Crippen LogP contribution in [0.2, 0.25) is 18.1 Å². The zero-order chi connectivity index (χ0) is 29.5. The van der Waals surface area contributed by atoms with Crippen molar-refractivity contribution in [3.8, 4) is 0 Å². The van der Waals surface area contributed by atoms with Crippen molar-refractivity contribution in [1.29, 1.82) is 0 Å². The first-order valence-electron chi connectivity index (χ1n) is 15.6. The molecule has 0 N–H and O–H groups in total. The van der Waals surface area contributed by atoms with Gasteiger partial charge < -0.3 is 9.16 Å². The van der Waals surface area contributed by atoms with Gasteiger partial charge in [0.2, 0.25) is 0 Å². The topological polar surface area (TPSA) is 57.1 Å².